The summed E-state index contributed by atoms with van der Waals surface area (Å²) >= 11 is 1.88. The summed E-state index contributed by atoms with van der Waals surface area (Å²) in [7, 11) is 0. The monoisotopic (exact) mass is 366 g/mol. The van der Waals surface area contributed by atoms with E-state index in [-0.39, 0.29) is 18.8 Å². The number of nitrogens with zero attached hydrogens (tertiary/aromatic N) is 2. The molecule has 6 heteroatoms. The second-order valence-electron chi connectivity index (χ2n) is 4.56. The third-order valence-electron chi connectivity index (χ3n) is 2.88. The van der Waals surface area contributed by atoms with E-state index in [1.54, 1.807) is 6.07 Å². The summed E-state index contributed by atoms with van der Waals surface area (Å²) in [6.07, 6.45) is 0.147. The lowest BCUT2D eigenvalue weighted by molar-refractivity contribution is -0.00561. The molecule has 0 radical (unpaired) electrons. The lowest BCUT2D eigenvalue weighted by Gasteiger charge is -2.36. The molecule has 0 bridgehead atoms. The molecule has 1 aromatic rings. The Hall–Kier alpha value is -0.470. The predicted molar refractivity (Wildman–Crippen MR) is 75.1 cm³/mol. The maximum atomic E-state index is 13.6. The van der Waals surface area contributed by atoms with Gasteiger partial charge in [0.1, 0.15) is 5.82 Å². The van der Waals surface area contributed by atoms with E-state index in [2.05, 4.69) is 4.98 Å². The maximum absolute atomic E-state index is 13.6. The van der Waals surface area contributed by atoms with Crippen LogP contribution >= 0.6 is 22.6 Å². The first-order valence-electron chi connectivity index (χ1n) is 5.87. The van der Waals surface area contributed by atoms with E-state index in [1.807, 2.05) is 41.3 Å². The number of hydrogen-bond donors (Lipinski definition) is 1. The molecule has 1 aromatic heterocycles. The summed E-state index contributed by atoms with van der Waals surface area (Å²) in [6.45, 7) is 5.13. The van der Waals surface area contributed by atoms with Gasteiger partial charge in [0, 0.05) is 18.7 Å². The number of aliphatic hydroxyl groups excluding tert-OH is 1. The highest BCUT2D eigenvalue weighted by Crippen LogP contribution is 2.25. The molecule has 2 rings (SSSR count). The predicted octanol–water partition coefficient (Wildman–Crippen LogP) is 1.93. The zero-order valence-corrected chi connectivity index (χ0v) is 12.5. The highest BCUT2D eigenvalue weighted by atomic mass is 127. The first-order chi connectivity index (χ1) is 8.51. The molecule has 0 amide bonds. The van der Waals surface area contributed by atoms with Gasteiger partial charge in [0.05, 0.1) is 22.4 Å². The zero-order chi connectivity index (χ0) is 13.3. The Morgan fingerprint density at radius 1 is 1.50 bits per heavy atom. The van der Waals surface area contributed by atoms with Gasteiger partial charge in [-0.05, 0) is 42.5 Å². The number of rotatable bonds is 2. The minimum absolute atomic E-state index is 0.0735. The molecule has 4 nitrogen and oxygen atoms in total. The molecule has 0 aliphatic carbocycles. The van der Waals surface area contributed by atoms with Gasteiger partial charge in [-0.2, -0.15) is 4.39 Å². The fourth-order valence-corrected chi connectivity index (χ4v) is 2.73. The average Bonchev–Trinajstić information content (AvgIpc) is 2.30. The maximum Gasteiger partial charge on any atom is 0.228 e. The summed E-state index contributed by atoms with van der Waals surface area (Å²) < 4.78 is 19.7. The number of aromatic nitrogens is 1. The topological polar surface area (TPSA) is 45.6 Å². The number of ether oxygens (including phenoxy) is 1. The second-order valence-corrected chi connectivity index (χ2v) is 5.73. The van der Waals surface area contributed by atoms with Crippen LogP contribution in [0.15, 0.2) is 6.07 Å². The summed E-state index contributed by atoms with van der Waals surface area (Å²) in [6, 6.07) is 1.64. The van der Waals surface area contributed by atoms with Crippen molar-refractivity contribution in [2.75, 3.05) is 18.0 Å². The van der Waals surface area contributed by atoms with Gasteiger partial charge in [-0.3, -0.25) is 0 Å². The van der Waals surface area contributed by atoms with Gasteiger partial charge in [-0.1, -0.05) is 0 Å². The molecule has 1 aliphatic rings. The summed E-state index contributed by atoms with van der Waals surface area (Å²) in [4.78, 5) is 5.95. The number of aliphatic hydroxyl groups is 1. The van der Waals surface area contributed by atoms with Crippen molar-refractivity contribution < 1.29 is 14.2 Å². The molecule has 2 heterocycles. The van der Waals surface area contributed by atoms with Crippen molar-refractivity contribution >= 4 is 28.4 Å². The third-order valence-corrected chi connectivity index (χ3v) is 3.64. The fraction of sp³-hybridized carbons (Fsp3) is 0.583. The Labute approximate surface area is 119 Å². The minimum Gasteiger partial charge on any atom is -0.392 e. The van der Waals surface area contributed by atoms with Crippen LogP contribution in [-0.2, 0) is 11.3 Å². The van der Waals surface area contributed by atoms with Crippen LogP contribution in [0.4, 0.5) is 10.2 Å². The smallest absolute Gasteiger partial charge is 0.228 e. The fourth-order valence-electron chi connectivity index (χ4n) is 2.24. The van der Waals surface area contributed by atoms with E-state index in [1.165, 1.54) is 0 Å². The van der Waals surface area contributed by atoms with Gasteiger partial charge < -0.3 is 14.7 Å². The van der Waals surface area contributed by atoms with Crippen LogP contribution in [0.3, 0.4) is 0 Å². The van der Waals surface area contributed by atoms with E-state index in [9.17, 15) is 9.50 Å². The van der Waals surface area contributed by atoms with Crippen LogP contribution in [0.2, 0.25) is 0 Å². The third kappa shape index (κ3) is 2.92. The second kappa shape index (κ2) is 5.66. The molecular weight excluding hydrogens is 350 g/mol. The molecule has 1 fully saturated rings. The Morgan fingerprint density at radius 2 is 2.11 bits per heavy atom. The standard InChI is InChI=1S/C12H16FIN2O2/c1-7-4-16(5-8(2)18-7)12-9(6-17)3-10(14)11(13)15-12/h3,7-8,17H,4-6H2,1-2H3. The molecular formula is C12H16FIN2O2. The molecule has 0 aromatic carbocycles. The van der Waals surface area contributed by atoms with Crippen LogP contribution in [-0.4, -0.2) is 35.4 Å². The van der Waals surface area contributed by atoms with Crippen molar-refractivity contribution in [3.8, 4) is 0 Å². The number of pyridine rings is 1. The molecule has 2 atom stereocenters. The first kappa shape index (κ1) is 14.0. The van der Waals surface area contributed by atoms with Crippen molar-refractivity contribution in [3.63, 3.8) is 0 Å². The van der Waals surface area contributed by atoms with E-state index < -0.39 is 5.95 Å². The van der Waals surface area contributed by atoms with Gasteiger partial charge in [0.25, 0.3) is 0 Å². The van der Waals surface area contributed by atoms with Gasteiger partial charge in [-0.25, -0.2) is 4.98 Å². The van der Waals surface area contributed by atoms with Gasteiger partial charge in [-0.15, -0.1) is 0 Å². The van der Waals surface area contributed by atoms with Gasteiger partial charge in [0.15, 0.2) is 0 Å². The van der Waals surface area contributed by atoms with Crippen molar-refractivity contribution in [1.29, 1.82) is 0 Å². The lowest BCUT2D eigenvalue weighted by Crippen LogP contribution is -2.46. The Morgan fingerprint density at radius 3 is 2.67 bits per heavy atom. The minimum atomic E-state index is -0.491. The Kier molecular flexibility index (Phi) is 4.39. The number of hydrogen-bond acceptors (Lipinski definition) is 4. The highest BCUT2D eigenvalue weighted by Gasteiger charge is 2.25. The molecule has 1 aliphatic heterocycles. The van der Waals surface area contributed by atoms with E-state index in [0.29, 0.717) is 28.0 Å². The zero-order valence-electron chi connectivity index (χ0n) is 10.4. The quantitative estimate of drug-likeness (QED) is 0.642. The van der Waals surface area contributed by atoms with Gasteiger partial charge >= 0.3 is 0 Å². The van der Waals surface area contributed by atoms with E-state index in [4.69, 9.17) is 4.74 Å². The summed E-state index contributed by atoms with van der Waals surface area (Å²) in [5.41, 5.74) is 0.655. The van der Waals surface area contributed by atoms with E-state index >= 15 is 0 Å². The Bertz CT molecular complexity index is 434. The first-order valence-corrected chi connectivity index (χ1v) is 6.95. The largest absolute Gasteiger partial charge is 0.392 e. The number of anilines is 1. The Balaban J connectivity index is 2.34. The molecule has 0 saturated carbocycles. The highest BCUT2D eigenvalue weighted by molar-refractivity contribution is 14.1. The van der Waals surface area contributed by atoms with Crippen molar-refractivity contribution in [2.24, 2.45) is 0 Å². The van der Waals surface area contributed by atoms with Crippen LogP contribution in [0.1, 0.15) is 19.4 Å². The summed E-state index contributed by atoms with van der Waals surface area (Å²) in [5, 5.41) is 9.37. The SMILES string of the molecule is CC1CN(c2nc(F)c(I)cc2CO)CC(C)O1. The number of halogens is 2. The molecule has 18 heavy (non-hydrogen) atoms. The molecule has 100 valence electrons. The van der Waals surface area contributed by atoms with Crippen LogP contribution in [0, 0.1) is 9.52 Å². The van der Waals surface area contributed by atoms with Crippen molar-refractivity contribution in [2.45, 2.75) is 32.7 Å². The molecule has 1 N–H and O–H groups in total. The molecule has 2 unspecified atom stereocenters. The van der Waals surface area contributed by atoms with Crippen molar-refractivity contribution in [3.05, 3.63) is 21.1 Å². The number of morpholine rings is 1. The van der Waals surface area contributed by atoms with Crippen molar-refractivity contribution in [1.82, 2.24) is 4.98 Å². The summed E-state index contributed by atoms with van der Waals surface area (Å²) in [5.74, 6) is 0.0343. The van der Waals surface area contributed by atoms with Crippen LogP contribution in [0.25, 0.3) is 0 Å². The normalized spacial score (nSPS) is 24.4. The molecule has 0 spiro atoms. The average molecular weight is 366 g/mol. The van der Waals surface area contributed by atoms with E-state index in [0.717, 1.165) is 0 Å². The van der Waals surface area contributed by atoms with Gasteiger partial charge in [0.2, 0.25) is 5.95 Å². The molecule has 1 saturated heterocycles. The van der Waals surface area contributed by atoms with Crippen LogP contribution in [0.5, 0.6) is 0 Å². The van der Waals surface area contributed by atoms with Crippen LogP contribution < -0.4 is 4.90 Å². The lowest BCUT2D eigenvalue weighted by atomic mass is 10.2.